The standard InChI is InChI=1S/C14H9ClF2N2O2/c15-12-9-5-4-8-11(12)13(20)18(14(21)19(16)17)10-6-2-1-3-7-10/h1-9H. The lowest BCUT2D eigenvalue weighted by Crippen LogP contribution is -2.41. The summed E-state index contributed by atoms with van der Waals surface area (Å²) in [6.45, 7) is 0. The van der Waals surface area contributed by atoms with Gasteiger partial charge in [-0.15, -0.1) is 0 Å². The molecule has 0 bridgehead atoms. The smallest absolute Gasteiger partial charge is 0.268 e. The lowest BCUT2D eigenvalue weighted by Gasteiger charge is -2.20. The second-order valence-electron chi connectivity index (χ2n) is 3.97. The second-order valence-corrected chi connectivity index (χ2v) is 4.38. The van der Waals surface area contributed by atoms with Crippen molar-refractivity contribution < 1.29 is 18.6 Å². The number of para-hydroxylation sites is 1. The van der Waals surface area contributed by atoms with Crippen LogP contribution in [0.3, 0.4) is 0 Å². The lowest BCUT2D eigenvalue weighted by molar-refractivity contribution is -0.0956. The third kappa shape index (κ3) is 3.17. The van der Waals surface area contributed by atoms with Gasteiger partial charge in [0, 0.05) is 5.34 Å². The molecule has 2 rings (SSSR count). The molecule has 3 amide bonds. The van der Waals surface area contributed by atoms with E-state index in [1.165, 1.54) is 42.5 Å². The first-order valence-corrected chi connectivity index (χ1v) is 6.20. The summed E-state index contributed by atoms with van der Waals surface area (Å²) < 4.78 is 25.2. The van der Waals surface area contributed by atoms with Gasteiger partial charge in [0.15, 0.2) is 0 Å². The highest BCUT2D eigenvalue weighted by molar-refractivity contribution is 6.35. The molecule has 0 aliphatic carbocycles. The van der Waals surface area contributed by atoms with E-state index >= 15 is 0 Å². The Morgan fingerprint density at radius 2 is 1.48 bits per heavy atom. The molecule has 0 spiro atoms. The number of hydrogen-bond donors (Lipinski definition) is 0. The number of anilines is 1. The molecule has 0 heterocycles. The van der Waals surface area contributed by atoms with Crippen molar-refractivity contribution in [3.63, 3.8) is 0 Å². The number of carbonyl (C=O) groups excluding carboxylic acids is 2. The molecular weight excluding hydrogens is 302 g/mol. The van der Waals surface area contributed by atoms with E-state index in [1.54, 1.807) is 12.1 Å². The van der Waals surface area contributed by atoms with E-state index in [2.05, 4.69) is 0 Å². The normalized spacial score (nSPS) is 10.0. The number of hydrogen-bond acceptors (Lipinski definition) is 2. The third-order valence-electron chi connectivity index (χ3n) is 2.66. The summed E-state index contributed by atoms with van der Waals surface area (Å²) in [5.41, 5.74) is -0.0223. The van der Waals surface area contributed by atoms with Crippen LogP contribution in [0.2, 0.25) is 5.02 Å². The summed E-state index contributed by atoms with van der Waals surface area (Å²) in [6.07, 6.45) is 0. The van der Waals surface area contributed by atoms with Crippen molar-refractivity contribution in [1.82, 2.24) is 5.34 Å². The van der Waals surface area contributed by atoms with Gasteiger partial charge >= 0.3 is 6.03 Å². The van der Waals surface area contributed by atoms with E-state index in [0.29, 0.717) is 4.90 Å². The molecule has 4 nitrogen and oxygen atoms in total. The maximum absolute atomic E-state index is 12.6. The number of imide groups is 1. The predicted molar refractivity (Wildman–Crippen MR) is 74.2 cm³/mol. The first kappa shape index (κ1) is 14.9. The van der Waals surface area contributed by atoms with Crippen LogP contribution in [0.15, 0.2) is 54.6 Å². The summed E-state index contributed by atoms with van der Waals surface area (Å²) in [5.74, 6) is -0.933. The maximum Gasteiger partial charge on any atom is 0.390 e. The Bertz CT molecular complexity index is 665. The minimum atomic E-state index is -1.76. The Labute approximate surface area is 124 Å². The number of carbonyl (C=O) groups is 2. The summed E-state index contributed by atoms with van der Waals surface area (Å²) in [6, 6.07) is 11.6. The molecule has 2 aromatic carbocycles. The van der Waals surface area contributed by atoms with Crippen molar-refractivity contribution >= 4 is 29.2 Å². The Kier molecular flexibility index (Phi) is 4.49. The van der Waals surface area contributed by atoms with Crippen LogP contribution in [-0.2, 0) is 0 Å². The van der Waals surface area contributed by atoms with Gasteiger partial charge in [0.1, 0.15) is 0 Å². The zero-order valence-corrected chi connectivity index (χ0v) is 11.3. The largest absolute Gasteiger partial charge is 0.390 e. The fraction of sp³-hybridized carbons (Fsp3) is 0. The molecule has 21 heavy (non-hydrogen) atoms. The first-order chi connectivity index (χ1) is 10.0. The van der Waals surface area contributed by atoms with Crippen molar-refractivity contribution in [1.29, 1.82) is 0 Å². The Morgan fingerprint density at radius 3 is 2.05 bits per heavy atom. The molecule has 0 atom stereocenters. The summed E-state index contributed by atoms with van der Waals surface area (Å²) in [5, 5.41) is -1.58. The number of halogens is 3. The molecule has 0 saturated carbocycles. The summed E-state index contributed by atoms with van der Waals surface area (Å²) in [4.78, 5) is 24.3. The molecule has 0 aromatic heterocycles. The van der Waals surface area contributed by atoms with Gasteiger partial charge in [0.2, 0.25) is 0 Å². The van der Waals surface area contributed by atoms with Crippen LogP contribution >= 0.6 is 11.6 Å². The highest BCUT2D eigenvalue weighted by Crippen LogP contribution is 2.23. The molecule has 0 unspecified atom stereocenters. The van der Waals surface area contributed by atoms with Crippen LogP contribution in [0.1, 0.15) is 10.4 Å². The molecule has 7 heteroatoms. The number of benzene rings is 2. The zero-order chi connectivity index (χ0) is 15.4. The Hall–Kier alpha value is -2.47. The SMILES string of the molecule is O=C(c1ccccc1Cl)N(C(=O)N(F)F)c1ccccc1. The van der Waals surface area contributed by atoms with Crippen LogP contribution in [0, 0.1) is 0 Å². The van der Waals surface area contributed by atoms with Gasteiger partial charge in [0.25, 0.3) is 5.91 Å². The number of urea groups is 1. The van der Waals surface area contributed by atoms with Gasteiger partial charge in [-0.1, -0.05) is 50.9 Å². The molecule has 0 N–H and O–H groups in total. The van der Waals surface area contributed by atoms with E-state index in [1.807, 2.05) is 0 Å². The third-order valence-corrected chi connectivity index (χ3v) is 2.99. The van der Waals surface area contributed by atoms with E-state index < -0.39 is 17.3 Å². The summed E-state index contributed by atoms with van der Waals surface area (Å²) >= 11 is 5.87. The summed E-state index contributed by atoms with van der Waals surface area (Å²) in [7, 11) is 0. The molecule has 0 aliphatic rings. The fourth-order valence-electron chi connectivity index (χ4n) is 1.72. The highest BCUT2D eigenvalue weighted by Gasteiger charge is 2.30. The van der Waals surface area contributed by atoms with E-state index in [9.17, 15) is 18.6 Å². The number of nitrogens with zero attached hydrogens (tertiary/aromatic N) is 2. The van der Waals surface area contributed by atoms with Crippen LogP contribution in [0.4, 0.5) is 19.4 Å². The van der Waals surface area contributed by atoms with E-state index in [4.69, 9.17) is 11.6 Å². The Balaban J connectivity index is 2.48. The molecule has 108 valence electrons. The van der Waals surface area contributed by atoms with Crippen LogP contribution in [0.25, 0.3) is 0 Å². The van der Waals surface area contributed by atoms with Gasteiger partial charge < -0.3 is 0 Å². The van der Waals surface area contributed by atoms with E-state index in [-0.39, 0.29) is 16.3 Å². The number of rotatable bonds is 2. The molecule has 0 saturated heterocycles. The van der Waals surface area contributed by atoms with Crippen LogP contribution in [0.5, 0.6) is 0 Å². The van der Waals surface area contributed by atoms with Gasteiger partial charge in [-0.25, -0.2) is 9.69 Å². The molecule has 0 fully saturated rings. The monoisotopic (exact) mass is 310 g/mol. The van der Waals surface area contributed by atoms with Gasteiger partial charge in [-0.2, -0.15) is 0 Å². The van der Waals surface area contributed by atoms with Gasteiger partial charge in [-0.05, 0) is 24.3 Å². The average molecular weight is 311 g/mol. The van der Waals surface area contributed by atoms with Crippen molar-refractivity contribution in [3.8, 4) is 0 Å². The Morgan fingerprint density at radius 1 is 0.905 bits per heavy atom. The van der Waals surface area contributed by atoms with Crippen molar-refractivity contribution in [3.05, 3.63) is 65.2 Å². The molecular formula is C14H9ClF2N2O2. The quantitative estimate of drug-likeness (QED) is 0.781. The van der Waals surface area contributed by atoms with Crippen molar-refractivity contribution in [2.75, 3.05) is 4.90 Å². The minimum Gasteiger partial charge on any atom is -0.268 e. The van der Waals surface area contributed by atoms with Crippen LogP contribution < -0.4 is 4.90 Å². The highest BCUT2D eigenvalue weighted by atomic mass is 35.5. The zero-order valence-electron chi connectivity index (χ0n) is 10.5. The van der Waals surface area contributed by atoms with Crippen molar-refractivity contribution in [2.45, 2.75) is 0 Å². The van der Waals surface area contributed by atoms with Crippen molar-refractivity contribution in [2.24, 2.45) is 0 Å². The maximum atomic E-state index is 12.6. The topological polar surface area (TPSA) is 40.6 Å². The lowest BCUT2D eigenvalue weighted by atomic mass is 10.2. The first-order valence-electron chi connectivity index (χ1n) is 5.82. The van der Waals surface area contributed by atoms with Gasteiger partial charge in [-0.3, -0.25) is 4.79 Å². The molecule has 2 aromatic rings. The average Bonchev–Trinajstić information content (AvgIpc) is 2.48. The minimum absolute atomic E-state index is 0.0210. The molecule has 0 radical (unpaired) electrons. The van der Waals surface area contributed by atoms with E-state index in [0.717, 1.165) is 0 Å². The second kappa shape index (κ2) is 6.32. The van der Waals surface area contributed by atoms with Gasteiger partial charge in [0.05, 0.1) is 16.3 Å². The number of amides is 3. The van der Waals surface area contributed by atoms with Crippen LogP contribution in [-0.4, -0.2) is 17.3 Å². The predicted octanol–water partition coefficient (Wildman–Crippen LogP) is 4.18. The fourth-order valence-corrected chi connectivity index (χ4v) is 1.94. The molecule has 0 aliphatic heterocycles.